The Kier molecular flexibility index (Phi) is 6.32. The Morgan fingerprint density at radius 1 is 1.44 bits per heavy atom. The van der Waals surface area contributed by atoms with Gasteiger partial charge in [-0.1, -0.05) is 6.92 Å². The number of methoxy groups -OCH3 is 1. The summed E-state index contributed by atoms with van der Waals surface area (Å²) in [6.07, 6.45) is 1.09. The van der Waals surface area contributed by atoms with Gasteiger partial charge in [-0.3, -0.25) is 4.68 Å². The minimum atomic E-state index is 0.178. The molecule has 0 saturated carbocycles. The minimum absolute atomic E-state index is 0.178. The quantitative estimate of drug-likeness (QED) is 0.840. The Balaban J connectivity index is 2.92. The summed E-state index contributed by atoms with van der Waals surface area (Å²) in [6.45, 7) is 10.2. The molecule has 0 aliphatic rings. The minimum Gasteiger partial charge on any atom is -0.380 e. The van der Waals surface area contributed by atoms with E-state index in [1.54, 1.807) is 7.11 Å². The third-order valence-electron chi connectivity index (χ3n) is 3.27. The van der Waals surface area contributed by atoms with Crippen molar-refractivity contribution < 1.29 is 4.74 Å². The molecule has 104 valence electrons. The van der Waals surface area contributed by atoms with Crippen LogP contribution in [0.25, 0.3) is 0 Å². The number of nitrogens with one attached hydrogen (secondary N) is 1. The molecule has 0 aliphatic carbocycles. The maximum atomic E-state index is 5.45. The highest BCUT2D eigenvalue weighted by Gasteiger charge is 2.21. The molecule has 0 radical (unpaired) electrons. The second-order valence-electron chi connectivity index (χ2n) is 4.47. The lowest BCUT2D eigenvalue weighted by Gasteiger charge is -2.24. The average molecular weight is 318 g/mol. The van der Waals surface area contributed by atoms with E-state index >= 15 is 0 Å². The van der Waals surface area contributed by atoms with Crippen LogP contribution in [0.3, 0.4) is 0 Å². The fraction of sp³-hybridized carbons (Fsp3) is 0.769. The molecule has 0 fully saturated rings. The number of rotatable bonds is 7. The molecule has 1 rings (SSSR count). The first-order chi connectivity index (χ1) is 8.54. The molecule has 0 aromatic carbocycles. The van der Waals surface area contributed by atoms with E-state index in [0.717, 1.165) is 29.7 Å². The van der Waals surface area contributed by atoms with Crippen LogP contribution in [0.1, 0.15) is 32.2 Å². The molecule has 1 aromatic heterocycles. The molecule has 0 bridgehead atoms. The van der Waals surface area contributed by atoms with Crippen molar-refractivity contribution in [1.29, 1.82) is 0 Å². The first-order valence-corrected chi connectivity index (χ1v) is 7.32. The van der Waals surface area contributed by atoms with Crippen LogP contribution in [-0.2, 0) is 17.7 Å². The van der Waals surface area contributed by atoms with Crippen LogP contribution >= 0.6 is 15.9 Å². The van der Waals surface area contributed by atoms with Gasteiger partial charge < -0.3 is 10.1 Å². The van der Waals surface area contributed by atoms with Crippen molar-refractivity contribution in [1.82, 2.24) is 15.1 Å². The molecule has 5 heteroatoms. The summed E-state index contributed by atoms with van der Waals surface area (Å²) in [5.41, 5.74) is 2.29. The van der Waals surface area contributed by atoms with E-state index in [0.29, 0.717) is 6.04 Å². The van der Waals surface area contributed by atoms with Crippen molar-refractivity contribution in [2.75, 3.05) is 13.7 Å². The third-order valence-corrected chi connectivity index (χ3v) is 4.30. The molecule has 0 saturated heterocycles. The number of ether oxygens (including phenoxy) is 1. The summed E-state index contributed by atoms with van der Waals surface area (Å²) in [4.78, 5) is 0. The van der Waals surface area contributed by atoms with Crippen LogP contribution < -0.4 is 5.32 Å². The van der Waals surface area contributed by atoms with Gasteiger partial charge in [0.15, 0.2) is 0 Å². The van der Waals surface area contributed by atoms with Gasteiger partial charge in [0.1, 0.15) is 0 Å². The first kappa shape index (κ1) is 15.7. The average Bonchev–Trinajstić information content (AvgIpc) is 2.64. The Labute approximate surface area is 118 Å². The van der Waals surface area contributed by atoms with Crippen LogP contribution in [0.15, 0.2) is 4.47 Å². The van der Waals surface area contributed by atoms with Crippen molar-refractivity contribution >= 4 is 15.9 Å². The van der Waals surface area contributed by atoms with Crippen LogP contribution in [0.2, 0.25) is 0 Å². The van der Waals surface area contributed by atoms with Gasteiger partial charge in [-0.2, -0.15) is 5.10 Å². The van der Waals surface area contributed by atoms with Crippen molar-refractivity contribution in [3.63, 3.8) is 0 Å². The molecular weight excluding hydrogens is 294 g/mol. The van der Waals surface area contributed by atoms with E-state index in [2.05, 4.69) is 51.8 Å². The molecule has 0 amide bonds. The molecule has 1 heterocycles. The predicted octanol–water partition coefficient (Wildman–Crippen LogP) is 2.53. The van der Waals surface area contributed by atoms with Crippen LogP contribution in [0, 0.1) is 6.92 Å². The second-order valence-corrected chi connectivity index (χ2v) is 5.26. The lowest BCUT2D eigenvalue weighted by molar-refractivity contribution is 0.0829. The molecule has 18 heavy (non-hydrogen) atoms. The SMILES string of the molecule is CCNC(Cc1c(Br)c(C)nn1CC)C(C)OC. The van der Waals surface area contributed by atoms with Gasteiger partial charge in [-0.15, -0.1) is 0 Å². The summed E-state index contributed by atoms with van der Waals surface area (Å²) in [6, 6.07) is 0.303. The van der Waals surface area contributed by atoms with E-state index in [-0.39, 0.29) is 6.10 Å². The molecule has 1 aromatic rings. The number of halogens is 1. The van der Waals surface area contributed by atoms with E-state index in [1.165, 1.54) is 5.69 Å². The number of hydrogen-bond donors (Lipinski definition) is 1. The van der Waals surface area contributed by atoms with Crippen molar-refractivity contribution in [2.24, 2.45) is 0 Å². The lowest BCUT2D eigenvalue weighted by atomic mass is 10.1. The van der Waals surface area contributed by atoms with Gasteiger partial charge >= 0.3 is 0 Å². The summed E-state index contributed by atoms with van der Waals surface area (Å²) in [7, 11) is 1.76. The van der Waals surface area contributed by atoms with Crippen LogP contribution in [0.5, 0.6) is 0 Å². The summed E-state index contributed by atoms with van der Waals surface area (Å²) < 4.78 is 8.63. The van der Waals surface area contributed by atoms with Gasteiger partial charge in [0.05, 0.1) is 22.0 Å². The highest BCUT2D eigenvalue weighted by atomic mass is 79.9. The number of likely N-dealkylation sites (N-methyl/N-ethyl adjacent to an activating group) is 1. The van der Waals surface area contributed by atoms with Crippen molar-refractivity contribution in [3.05, 3.63) is 15.9 Å². The summed E-state index contributed by atoms with van der Waals surface area (Å²) in [5.74, 6) is 0. The Morgan fingerprint density at radius 2 is 2.11 bits per heavy atom. The smallest absolute Gasteiger partial charge is 0.0738 e. The van der Waals surface area contributed by atoms with Crippen LogP contribution in [0.4, 0.5) is 0 Å². The van der Waals surface area contributed by atoms with Crippen molar-refractivity contribution in [2.45, 2.75) is 52.8 Å². The fourth-order valence-corrected chi connectivity index (χ4v) is 2.55. The molecule has 0 spiro atoms. The Hall–Kier alpha value is -0.390. The monoisotopic (exact) mass is 317 g/mol. The maximum absolute atomic E-state index is 5.45. The molecule has 1 N–H and O–H groups in total. The van der Waals surface area contributed by atoms with E-state index < -0.39 is 0 Å². The topological polar surface area (TPSA) is 39.1 Å². The molecule has 4 nitrogen and oxygen atoms in total. The molecule has 2 atom stereocenters. The highest BCUT2D eigenvalue weighted by Crippen LogP contribution is 2.23. The number of aromatic nitrogens is 2. The van der Waals surface area contributed by atoms with Gasteiger partial charge in [0.25, 0.3) is 0 Å². The zero-order chi connectivity index (χ0) is 13.7. The standard InChI is InChI=1S/C13H24BrN3O/c1-6-15-11(10(4)18-5)8-12-13(14)9(3)16-17(12)7-2/h10-11,15H,6-8H2,1-5H3. The van der Waals surface area contributed by atoms with Crippen LogP contribution in [-0.4, -0.2) is 35.6 Å². The first-order valence-electron chi connectivity index (χ1n) is 6.53. The predicted molar refractivity (Wildman–Crippen MR) is 78.0 cm³/mol. The maximum Gasteiger partial charge on any atom is 0.0738 e. The number of aryl methyl sites for hydroxylation is 2. The Bertz CT molecular complexity index is 379. The van der Waals surface area contributed by atoms with Gasteiger partial charge in [-0.25, -0.2) is 0 Å². The van der Waals surface area contributed by atoms with Gasteiger partial charge in [-0.05, 0) is 43.2 Å². The van der Waals surface area contributed by atoms with E-state index in [4.69, 9.17) is 4.74 Å². The van der Waals surface area contributed by atoms with Gasteiger partial charge in [0.2, 0.25) is 0 Å². The lowest BCUT2D eigenvalue weighted by Crippen LogP contribution is -2.41. The second kappa shape index (κ2) is 7.26. The highest BCUT2D eigenvalue weighted by molar-refractivity contribution is 9.10. The fourth-order valence-electron chi connectivity index (χ4n) is 2.10. The largest absolute Gasteiger partial charge is 0.380 e. The zero-order valence-corrected chi connectivity index (χ0v) is 13.5. The summed E-state index contributed by atoms with van der Waals surface area (Å²) >= 11 is 3.64. The van der Waals surface area contributed by atoms with Gasteiger partial charge in [0, 0.05) is 26.1 Å². The number of nitrogens with zero attached hydrogens (tertiary/aromatic N) is 2. The normalized spacial score (nSPS) is 14.8. The van der Waals surface area contributed by atoms with E-state index in [9.17, 15) is 0 Å². The van der Waals surface area contributed by atoms with Crippen molar-refractivity contribution in [3.8, 4) is 0 Å². The number of hydrogen-bond acceptors (Lipinski definition) is 3. The third kappa shape index (κ3) is 3.56. The zero-order valence-electron chi connectivity index (χ0n) is 12.0. The summed E-state index contributed by atoms with van der Waals surface area (Å²) in [5, 5.41) is 8.01. The molecule has 0 aliphatic heterocycles. The Morgan fingerprint density at radius 3 is 2.61 bits per heavy atom. The van der Waals surface area contributed by atoms with E-state index in [1.807, 2.05) is 6.92 Å². The molecule has 2 unspecified atom stereocenters. The molecular formula is C13H24BrN3O.